The molecule has 3 aromatic rings. The largest absolute Gasteiger partial charge is 0.497 e. The van der Waals surface area contributed by atoms with E-state index < -0.39 is 0 Å². The molecule has 5 rings (SSSR count). The van der Waals surface area contributed by atoms with Crippen molar-refractivity contribution in [2.75, 3.05) is 50.7 Å². The standard InChI is InChI=1S/C27H29N3O4/c1-32-22-10-8-21(9-11-22)30-26(28-24-6-4-3-5-23(24)27(30)31)19-7-12-25(33-2)20(17-19)18-29-13-15-34-16-14-29/h3-12,17,26,28H,13-16,18H2,1-2H3/p+1. The van der Waals surface area contributed by atoms with E-state index in [0.717, 1.165) is 66.8 Å². The third-order valence-electron chi connectivity index (χ3n) is 6.54. The summed E-state index contributed by atoms with van der Waals surface area (Å²) >= 11 is 0. The second kappa shape index (κ2) is 9.75. The molecular formula is C27H30N3O4+. The number of morpholine rings is 1. The van der Waals surface area contributed by atoms with Gasteiger partial charge in [-0.2, -0.15) is 0 Å². The van der Waals surface area contributed by atoms with Crippen LogP contribution in [0, 0.1) is 0 Å². The molecule has 0 saturated carbocycles. The molecule has 1 saturated heterocycles. The SMILES string of the molecule is COc1ccc(N2C(=O)c3ccccc3NC2c2ccc(OC)c(C[NH+]3CCOCC3)c2)cc1. The lowest BCUT2D eigenvalue weighted by Gasteiger charge is -2.38. The van der Waals surface area contributed by atoms with Gasteiger partial charge in [-0.25, -0.2) is 0 Å². The summed E-state index contributed by atoms with van der Waals surface area (Å²) in [5.41, 5.74) is 4.41. The van der Waals surface area contributed by atoms with Crippen LogP contribution in [-0.2, 0) is 11.3 Å². The fourth-order valence-corrected chi connectivity index (χ4v) is 4.71. The van der Waals surface area contributed by atoms with Crippen LogP contribution >= 0.6 is 0 Å². The highest BCUT2D eigenvalue weighted by atomic mass is 16.5. The summed E-state index contributed by atoms with van der Waals surface area (Å²) < 4.78 is 16.5. The van der Waals surface area contributed by atoms with Crippen LogP contribution in [0.3, 0.4) is 0 Å². The predicted molar refractivity (Wildman–Crippen MR) is 131 cm³/mol. The number of anilines is 2. The van der Waals surface area contributed by atoms with Crippen LogP contribution in [0.4, 0.5) is 11.4 Å². The Labute approximate surface area is 199 Å². The van der Waals surface area contributed by atoms with E-state index >= 15 is 0 Å². The number of ether oxygens (including phenoxy) is 3. The summed E-state index contributed by atoms with van der Waals surface area (Å²) in [6, 6.07) is 21.4. The zero-order chi connectivity index (χ0) is 23.5. The molecule has 7 heteroatoms. The van der Waals surface area contributed by atoms with Gasteiger partial charge in [-0.15, -0.1) is 0 Å². The van der Waals surface area contributed by atoms with Crippen LogP contribution in [0.15, 0.2) is 66.7 Å². The molecular weight excluding hydrogens is 430 g/mol. The first-order valence-electron chi connectivity index (χ1n) is 11.6. The van der Waals surface area contributed by atoms with Crippen molar-refractivity contribution in [1.82, 2.24) is 0 Å². The predicted octanol–water partition coefficient (Wildman–Crippen LogP) is 2.89. The highest BCUT2D eigenvalue weighted by molar-refractivity contribution is 6.12. The minimum absolute atomic E-state index is 0.0410. The van der Waals surface area contributed by atoms with Gasteiger partial charge in [-0.3, -0.25) is 9.69 Å². The van der Waals surface area contributed by atoms with Gasteiger partial charge in [0.05, 0.1) is 33.0 Å². The number of nitrogens with zero attached hydrogens (tertiary/aromatic N) is 1. The van der Waals surface area contributed by atoms with Gasteiger partial charge in [0.2, 0.25) is 0 Å². The molecule has 0 bridgehead atoms. The van der Waals surface area contributed by atoms with Crippen LogP contribution in [0.25, 0.3) is 0 Å². The number of rotatable bonds is 6. The molecule has 2 aliphatic heterocycles. The van der Waals surface area contributed by atoms with E-state index in [2.05, 4.69) is 11.4 Å². The van der Waals surface area contributed by atoms with Gasteiger partial charge in [0.15, 0.2) is 0 Å². The van der Waals surface area contributed by atoms with Crippen LogP contribution in [-0.4, -0.2) is 46.4 Å². The van der Waals surface area contributed by atoms with E-state index in [1.165, 1.54) is 4.90 Å². The first kappa shape index (κ1) is 22.3. The molecule has 1 unspecified atom stereocenters. The summed E-state index contributed by atoms with van der Waals surface area (Å²) in [4.78, 5) is 17.0. The van der Waals surface area contributed by atoms with E-state index in [1.54, 1.807) is 14.2 Å². The number of quaternary nitrogens is 1. The van der Waals surface area contributed by atoms with E-state index in [1.807, 2.05) is 65.6 Å². The molecule has 34 heavy (non-hydrogen) atoms. The van der Waals surface area contributed by atoms with Crippen LogP contribution in [0.1, 0.15) is 27.7 Å². The third-order valence-corrected chi connectivity index (χ3v) is 6.54. The van der Waals surface area contributed by atoms with Crippen molar-refractivity contribution in [2.45, 2.75) is 12.7 Å². The molecule has 0 aromatic heterocycles. The van der Waals surface area contributed by atoms with Crippen molar-refractivity contribution in [3.05, 3.63) is 83.4 Å². The molecule has 1 atom stereocenters. The Kier molecular flexibility index (Phi) is 6.38. The van der Waals surface area contributed by atoms with E-state index in [-0.39, 0.29) is 12.1 Å². The smallest absolute Gasteiger partial charge is 0.262 e. The number of para-hydroxylation sites is 1. The summed E-state index contributed by atoms with van der Waals surface area (Å²) in [6.07, 6.45) is -0.361. The van der Waals surface area contributed by atoms with Gasteiger partial charge in [-0.1, -0.05) is 18.2 Å². The van der Waals surface area contributed by atoms with Gasteiger partial charge < -0.3 is 24.4 Å². The topological polar surface area (TPSA) is 64.5 Å². The molecule has 2 heterocycles. The second-order valence-corrected chi connectivity index (χ2v) is 8.58. The highest BCUT2D eigenvalue weighted by Gasteiger charge is 2.34. The number of amides is 1. The lowest BCUT2D eigenvalue weighted by atomic mass is 10.00. The van der Waals surface area contributed by atoms with Crippen LogP contribution < -0.4 is 24.6 Å². The molecule has 1 amide bonds. The van der Waals surface area contributed by atoms with Gasteiger partial charge >= 0.3 is 0 Å². The lowest BCUT2D eigenvalue weighted by molar-refractivity contribution is -0.921. The van der Waals surface area contributed by atoms with Crippen molar-refractivity contribution in [1.29, 1.82) is 0 Å². The molecule has 1 fully saturated rings. The minimum Gasteiger partial charge on any atom is -0.497 e. The Bertz CT molecular complexity index is 1160. The third kappa shape index (κ3) is 4.32. The van der Waals surface area contributed by atoms with E-state index in [4.69, 9.17) is 14.2 Å². The number of carbonyl (C=O) groups excluding carboxylic acids is 1. The lowest BCUT2D eigenvalue weighted by Crippen LogP contribution is -3.12. The molecule has 3 aromatic carbocycles. The number of methoxy groups -OCH3 is 2. The van der Waals surface area contributed by atoms with Crippen molar-refractivity contribution in [3.63, 3.8) is 0 Å². The Morgan fingerprint density at radius 3 is 2.50 bits per heavy atom. The maximum atomic E-state index is 13.7. The Hall–Kier alpha value is -3.55. The first-order valence-corrected chi connectivity index (χ1v) is 11.6. The Balaban J connectivity index is 1.55. The summed E-state index contributed by atoms with van der Waals surface area (Å²) in [5, 5.41) is 3.60. The summed E-state index contributed by atoms with van der Waals surface area (Å²) in [5.74, 6) is 1.57. The average Bonchev–Trinajstić information content (AvgIpc) is 2.89. The van der Waals surface area contributed by atoms with Gasteiger partial charge in [-0.05, 0) is 54.1 Å². The molecule has 7 nitrogen and oxygen atoms in total. The second-order valence-electron chi connectivity index (χ2n) is 8.58. The zero-order valence-corrected chi connectivity index (χ0v) is 19.5. The molecule has 176 valence electrons. The fraction of sp³-hybridized carbons (Fsp3) is 0.296. The quantitative estimate of drug-likeness (QED) is 0.592. The number of nitrogens with one attached hydrogen (secondary N) is 2. The van der Waals surface area contributed by atoms with E-state index in [0.29, 0.717) is 5.56 Å². The molecule has 2 N–H and O–H groups in total. The van der Waals surface area contributed by atoms with E-state index in [9.17, 15) is 4.79 Å². The summed E-state index contributed by atoms with van der Waals surface area (Å²) in [7, 11) is 3.34. The normalized spacial score (nSPS) is 18.2. The van der Waals surface area contributed by atoms with Crippen molar-refractivity contribution >= 4 is 17.3 Å². The maximum Gasteiger partial charge on any atom is 0.262 e. The van der Waals surface area contributed by atoms with Crippen molar-refractivity contribution in [3.8, 4) is 11.5 Å². The number of hydrogen-bond donors (Lipinski definition) is 2. The highest BCUT2D eigenvalue weighted by Crippen LogP contribution is 2.38. The Morgan fingerprint density at radius 1 is 1.00 bits per heavy atom. The zero-order valence-electron chi connectivity index (χ0n) is 19.5. The maximum absolute atomic E-state index is 13.7. The monoisotopic (exact) mass is 460 g/mol. The summed E-state index contributed by atoms with van der Waals surface area (Å²) in [6.45, 7) is 4.34. The number of hydrogen-bond acceptors (Lipinski definition) is 5. The molecule has 2 aliphatic rings. The minimum atomic E-state index is -0.361. The first-order chi connectivity index (χ1) is 16.7. The van der Waals surface area contributed by atoms with Crippen LogP contribution in [0.5, 0.6) is 11.5 Å². The molecule has 0 spiro atoms. The fourth-order valence-electron chi connectivity index (χ4n) is 4.71. The Morgan fingerprint density at radius 2 is 1.76 bits per heavy atom. The van der Waals surface area contributed by atoms with Crippen molar-refractivity contribution < 1.29 is 23.9 Å². The van der Waals surface area contributed by atoms with Crippen molar-refractivity contribution in [2.24, 2.45) is 0 Å². The molecule has 0 radical (unpaired) electrons. The number of benzene rings is 3. The van der Waals surface area contributed by atoms with Gasteiger partial charge in [0, 0.05) is 16.9 Å². The number of fused-ring (bicyclic) bond motifs is 1. The average molecular weight is 461 g/mol. The number of carbonyl (C=O) groups is 1. The molecule has 0 aliphatic carbocycles. The van der Waals surface area contributed by atoms with Gasteiger partial charge in [0.1, 0.15) is 37.3 Å². The van der Waals surface area contributed by atoms with Crippen LogP contribution in [0.2, 0.25) is 0 Å². The van der Waals surface area contributed by atoms with Gasteiger partial charge in [0.25, 0.3) is 5.91 Å².